The van der Waals surface area contributed by atoms with E-state index in [4.69, 9.17) is 0 Å². The first-order valence-corrected chi connectivity index (χ1v) is 9.59. The Hall–Kier alpha value is -2.79. The Morgan fingerprint density at radius 2 is 1.86 bits per heavy atom. The lowest BCUT2D eigenvalue weighted by Gasteiger charge is -2.10. The normalized spacial score (nSPS) is 11.7. The van der Waals surface area contributed by atoms with Crippen molar-refractivity contribution in [2.75, 3.05) is 0 Å². The van der Waals surface area contributed by atoms with E-state index in [9.17, 15) is 13.2 Å². The maximum absolute atomic E-state index is 13.3. The molecule has 4 aromatic heterocycles. The number of alkyl halides is 3. The number of rotatable bonds is 4. The smallest absolute Gasteiger partial charge is 0.304 e. The monoisotopic (exact) mass is 420 g/mol. The fraction of sp³-hybridized carbons (Fsp3) is 0.118. The van der Waals surface area contributed by atoms with Crippen LogP contribution in [0.1, 0.15) is 5.69 Å². The van der Waals surface area contributed by atoms with E-state index in [0.29, 0.717) is 16.5 Å². The summed E-state index contributed by atoms with van der Waals surface area (Å²) >= 11 is 2.50. The molecule has 0 aliphatic rings. The van der Waals surface area contributed by atoms with Gasteiger partial charge in [-0.25, -0.2) is 9.97 Å². The molecule has 0 unspecified atom stereocenters. The van der Waals surface area contributed by atoms with Gasteiger partial charge < -0.3 is 4.57 Å². The van der Waals surface area contributed by atoms with Crippen molar-refractivity contribution in [3.63, 3.8) is 0 Å². The molecule has 0 aliphatic carbocycles. The molecule has 0 amide bonds. The molecule has 0 aliphatic heterocycles. The van der Waals surface area contributed by atoms with Crippen LogP contribution in [-0.2, 0) is 13.2 Å². The second kappa shape index (κ2) is 7.32. The van der Waals surface area contributed by atoms with Crippen molar-refractivity contribution < 1.29 is 13.2 Å². The Kier molecular flexibility index (Phi) is 4.85. The van der Waals surface area contributed by atoms with Gasteiger partial charge in [0, 0.05) is 31.1 Å². The molecule has 4 rings (SSSR count). The Morgan fingerprint density at radius 1 is 1.07 bits per heavy atom. The molecule has 0 saturated heterocycles. The predicted molar refractivity (Wildman–Crippen MR) is 98.7 cm³/mol. The second-order valence-corrected chi connectivity index (χ2v) is 7.53. The van der Waals surface area contributed by atoms with Crippen LogP contribution in [0.4, 0.5) is 13.2 Å². The summed E-state index contributed by atoms with van der Waals surface area (Å²) in [4.78, 5) is 12.7. The van der Waals surface area contributed by atoms with Crippen molar-refractivity contribution in [1.29, 1.82) is 0 Å². The SMILES string of the molecule is Cn1c(Sc2cc(C(F)(F)F)nc(-c3ccncc3)n2)nnc1-c1cccs1. The summed E-state index contributed by atoms with van der Waals surface area (Å²) in [6.07, 6.45) is -1.65. The highest BCUT2D eigenvalue weighted by Gasteiger charge is 2.34. The number of aromatic nitrogens is 6. The average molecular weight is 420 g/mol. The lowest BCUT2D eigenvalue weighted by molar-refractivity contribution is -0.141. The third-order valence-electron chi connectivity index (χ3n) is 3.70. The molecular weight excluding hydrogens is 409 g/mol. The van der Waals surface area contributed by atoms with Gasteiger partial charge in [-0.2, -0.15) is 13.2 Å². The third-order valence-corrected chi connectivity index (χ3v) is 5.53. The number of hydrogen-bond acceptors (Lipinski definition) is 7. The van der Waals surface area contributed by atoms with Crippen LogP contribution in [0.2, 0.25) is 0 Å². The van der Waals surface area contributed by atoms with Crippen LogP contribution < -0.4 is 0 Å². The number of halogens is 3. The minimum Gasteiger partial charge on any atom is -0.304 e. The molecule has 0 aromatic carbocycles. The molecule has 0 atom stereocenters. The first-order valence-electron chi connectivity index (χ1n) is 7.89. The van der Waals surface area contributed by atoms with Crippen molar-refractivity contribution in [3.05, 3.63) is 53.8 Å². The van der Waals surface area contributed by atoms with Gasteiger partial charge in [-0.3, -0.25) is 4.98 Å². The molecule has 0 fully saturated rings. The van der Waals surface area contributed by atoms with E-state index < -0.39 is 11.9 Å². The van der Waals surface area contributed by atoms with Crippen LogP contribution in [0.25, 0.3) is 22.1 Å². The zero-order chi connectivity index (χ0) is 19.7. The summed E-state index contributed by atoms with van der Waals surface area (Å²) in [7, 11) is 1.76. The second-order valence-electron chi connectivity index (χ2n) is 5.59. The molecule has 4 heterocycles. The molecule has 142 valence electrons. The molecule has 0 spiro atoms. The lowest BCUT2D eigenvalue weighted by atomic mass is 10.2. The van der Waals surface area contributed by atoms with Gasteiger partial charge >= 0.3 is 6.18 Å². The van der Waals surface area contributed by atoms with E-state index in [1.807, 2.05) is 17.5 Å². The highest BCUT2D eigenvalue weighted by molar-refractivity contribution is 7.99. The van der Waals surface area contributed by atoms with Crippen molar-refractivity contribution >= 4 is 23.1 Å². The van der Waals surface area contributed by atoms with Crippen LogP contribution in [-0.4, -0.2) is 29.7 Å². The third kappa shape index (κ3) is 3.76. The molecule has 11 heteroatoms. The Labute approximate surface area is 165 Å². The molecule has 0 saturated carbocycles. The molecule has 4 aromatic rings. The van der Waals surface area contributed by atoms with Crippen molar-refractivity contribution in [3.8, 4) is 22.1 Å². The van der Waals surface area contributed by atoms with Gasteiger partial charge in [0.15, 0.2) is 16.8 Å². The quantitative estimate of drug-likeness (QED) is 0.451. The van der Waals surface area contributed by atoms with E-state index in [2.05, 4.69) is 25.1 Å². The van der Waals surface area contributed by atoms with Gasteiger partial charge in [0.1, 0.15) is 10.7 Å². The largest absolute Gasteiger partial charge is 0.433 e. The number of pyridine rings is 1. The van der Waals surface area contributed by atoms with Gasteiger partial charge in [0.2, 0.25) is 0 Å². The Balaban J connectivity index is 1.74. The van der Waals surface area contributed by atoms with Crippen molar-refractivity contribution in [1.82, 2.24) is 29.7 Å². The van der Waals surface area contributed by atoms with Gasteiger partial charge in [0.05, 0.1) is 4.88 Å². The molecular formula is C17H11F3N6S2. The molecule has 0 N–H and O–H groups in total. The first-order chi connectivity index (χ1) is 13.4. The van der Waals surface area contributed by atoms with Crippen LogP contribution >= 0.6 is 23.1 Å². The summed E-state index contributed by atoms with van der Waals surface area (Å²) in [5.74, 6) is 0.609. The van der Waals surface area contributed by atoms with E-state index in [-0.39, 0.29) is 10.9 Å². The topological polar surface area (TPSA) is 69.4 Å². The van der Waals surface area contributed by atoms with Crippen LogP contribution in [0.5, 0.6) is 0 Å². The Morgan fingerprint density at radius 3 is 2.54 bits per heavy atom. The molecule has 0 radical (unpaired) electrons. The molecule has 0 bridgehead atoms. The zero-order valence-electron chi connectivity index (χ0n) is 14.3. The summed E-state index contributed by atoms with van der Waals surface area (Å²) in [5.41, 5.74) is -0.572. The number of nitrogens with zero attached hydrogens (tertiary/aromatic N) is 6. The average Bonchev–Trinajstić information content (AvgIpc) is 3.32. The van der Waals surface area contributed by atoms with Crippen LogP contribution in [0.3, 0.4) is 0 Å². The Bertz CT molecular complexity index is 1090. The van der Waals surface area contributed by atoms with Crippen LogP contribution in [0, 0.1) is 0 Å². The van der Waals surface area contributed by atoms with Crippen molar-refractivity contribution in [2.45, 2.75) is 16.4 Å². The predicted octanol–water partition coefficient (Wildman–Crippen LogP) is 4.57. The minimum absolute atomic E-state index is 0.0274. The maximum atomic E-state index is 13.3. The number of thiophene rings is 1. The zero-order valence-corrected chi connectivity index (χ0v) is 15.9. The summed E-state index contributed by atoms with van der Waals surface area (Å²) in [5, 5.41) is 10.7. The highest BCUT2D eigenvalue weighted by Crippen LogP contribution is 2.34. The minimum atomic E-state index is -4.60. The first kappa shape index (κ1) is 18.6. The van der Waals surface area contributed by atoms with Gasteiger partial charge in [-0.15, -0.1) is 21.5 Å². The van der Waals surface area contributed by atoms with Gasteiger partial charge in [0.25, 0.3) is 0 Å². The molecule has 6 nitrogen and oxygen atoms in total. The fourth-order valence-corrected chi connectivity index (χ4v) is 3.91. The van der Waals surface area contributed by atoms with E-state index in [1.165, 1.54) is 23.7 Å². The standard InChI is InChI=1S/C17H11F3N6S2/c1-26-15(11-3-2-8-27-11)24-25-16(26)28-13-9-12(17(18,19)20)22-14(23-13)10-4-6-21-7-5-10/h2-9H,1H3. The highest BCUT2D eigenvalue weighted by atomic mass is 32.2. The van der Waals surface area contributed by atoms with E-state index >= 15 is 0 Å². The summed E-state index contributed by atoms with van der Waals surface area (Å²) < 4.78 is 41.7. The number of hydrogen-bond donors (Lipinski definition) is 0. The lowest BCUT2D eigenvalue weighted by Crippen LogP contribution is -2.10. The van der Waals surface area contributed by atoms with Gasteiger partial charge in [-0.1, -0.05) is 6.07 Å². The van der Waals surface area contributed by atoms with Crippen LogP contribution in [0.15, 0.2) is 58.3 Å². The van der Waals surface area contributed by atoms with Crippen molar-refractivity contribution in [2.24, 2.45) is 7.05 Å². The van der Waals surface area contributed by atoms with E-state index in [0.717, 1.165) is 22.7 Å². The van der Waals surface area contributed by atoms with Gasteiger partial charge in [-0.05, 0) is 35.3 Å². The summed E-state index contributed by atoms with van der Waals surface area (Å²) in [6, 6.07) is 7.82. The fourth-order valence-electron chi connectivity index (χ4n) is 2.37. The van der Waals surface area contributed by atoms with E-state index in [1.54, 1.807) is 23.7 Å². The maximum Gasteiger partial charge on any atom is 0.433 e. The molecule has 28 heavy (non-hydrogen) atoms. The summed E-state index contributed by atoms with van der Waals surface area (Å²) in [6.45, 7) is 0.